The van der Waals surface area contributed by atoms with Gasteiger partial charge in [-0.15, -0.1) is 0 Å². The minimum Gasteiger partial charge on any atom is -0.318 e. The van der Waals surface area contributed by atoms with Crippen molar-refractivity contribution in [1.82, 2.24) is 0 Å². The van der Waals surface area contributed by atoms with E-state index in [1.807, 2.05) is 6.92 Å². The van der Waals surface area contributed by atoms with Gasteiger partial charge in [-0.05, 0) is 30.9 Å². The van der Waals surface area contributed by atoms with E-state index in [2.05, 4.69) is 5.16 Å². The highest BCUT2D eigenvalue weighted by atomic mass is 16.7. The Labute approximate surface area is 189 Å². The normalized spacial score (nSPS) is 14.2. The van der Waals surface area contributed by atoms with Crippen molar-refractivity contribution in [2.24, 2.45) is 11.1 Å². The molecule has 1 aliphatic carbocycles. The second-order valence-electron chi connectivity index (χ2n) is 7.79. The highest BCUT2D eigenvalue weighted by molar-refractivity contribution is 6.46. The quantitative estimate of drug-likeness (QED) is 0.166. The molecule has 2 aromatic rings. The first-order valence-corrected chi connectivity index (χ1v) is 10.7. The lowest BCUT2D eigenvalue weighted by molar-refractivity contribution is -0.393. The van der Waals surface area contributed by atoms with Gasteiger partial charge in [0.15, 0.2) is 0 Å². The Kier molecular flexibility index (Phi) is 7.60. The van der Waals surface area contributed by atoms with Gasteiger partial charge in [0.05, 0.1) is 21.5 Å². The molecule has 1 saturated carbocycles. The van der Waals surface area contributed by atoms with E-state index in [0.717, 1.165) is 31.7 Å². The van der Waals surface area contributed by atoms with Gasteiger partial charge in [-0.3, -0.25) is 25.0 Å². The third-order valence-electron chi connectivity index (χ3n) is 5.52. The molecule has 0 saturated heterocycles. The smallest absolute Gasteiger partial charge is 0.318 e. The first kappa shape index (κ1) is 23.7. The van der Waals surface area contributed by atoms with E-state index in [1.165, 1.54) is 36.4 Å². The Bertz CT molecular complexity index is 1100. The van der Waals surface area contributed by atoms with Crippen LogP contribution in [-0.2, 0) is 9.63 Å². The highest BCUT2D eigenvalue weighted by Gasteiger charge is 2.28. The number of carbonyl (C=O) groups excluding carboxylic acids is 2. The van der Waals surface area contributed by atoms with E-state index in [1.54, 1.807) is 0 Å². The van der Waals surface area contributed by atoms with E-state index in [0.29, 0.717) is 17.5 Å². The summed E-state index contributed by atoms with van der Waals surface area (Å²) in [5.74, 6) is -0.958. The predicted octanol–water partition coefficient (Wildman–Crippen LogP) is 5.24. The fraction of sp³-hybridized carbons (Fsp3) is 0.348. The van der Waals surface area contributed by atoms with Gasteiger partial charge in [0.1, 0.15) is 5.71 Å². The first-order valence-electron chi connectivity index (χ1n) is 10.7. The Morgan fingerprint density at radius 3 is 2.27 bits per heavy atom. The van der Waals surface area contributed by atoms with E-state index >= 15 is 0 Å². The fourth-order valence-corrected chi connectivity index (χ4v) is 3.83. The van der Waals surface area contributed by atoms with Gasteiger partial charge in [0, 0.05) is 24.0 Å². The molecule has 33 heavy (non-hydrogen) atoms. The fourth-order valence-electron chi connectivity index (χ4n) is 3.83. The lowest BCUT2D eigenvalue weighted by Gasteiger charge is -2.12. The van der Waals surface area contributed by atoms with E-state index in [-0.39, 0.29) is 35.1 Å². The monoisotopic (exact) mass is 453 g/mol. The predicted molar refractivity (Wildman–Crippen MR) is 120 cm³/mol. The van der Waals surface area contributed by atoms with Crippen LogP contribution in [-0.4, -0.2) is 27.3 Å². The maximum absolute atomic E-state index is 13.1. The molecule has 172 valence electrons. The van der Waals surface area contributed by atoms with E-state index in [4.69, 9.17) is 4.84 Å². The molecule has 1 aliphatic rings. The maximum atomic E-state index is 13.1. The standard InChI is InChI=1S/C23H23N3O7/c1-2-5-21(27)33-24-22(16-6-3-4-7-16)23(28)17-10-8-15(9-11-17)19-13-12-18(25(29)30)14-20(19)26(31)32/h8-14,16H,2-7H2,1H3/b24-22-. The van der Waals surface area contributed by atoms with Crippen LogP contribution in [0.1, 0.15) is 55.8 Å². The zero-order chi connectivity index (χ0) is 24.0. The lowest BCUT2D eigenvalue weighted by atomic mass is 9.93. The second-order valence-corrected chi connectivity index (χ2v) is 7.79. The number of hydrogen-bond donors (Lipinski definition) is 0. The van der Waals surface area contributed by atoms with Crippen molar-refractivity contribution in [3.8, 4) is 11.1 Å². The number of nitro benzene ring substituents is 2. The molecule has 0 amide bonds. The minimum atomic E-state index is -0.699. The zero-order valence-electron chi connectivity index (χ0n) is 18.1. The van der Waals surface area contributed by atoms with Crippen LogP contribution in [0.5, 0.6) is 0 Å². The largest absolute Gasteiger partial charge is 0.335 e. The van der Waals surface area contributed by atoms with Crippen molar-refractivity contribution in [2.75, 3.05) is 0 Å². The van der Waals surface area contributed by atoms with Crippen molar-refractivity contribution >= 4 is 28.8 Å². The summed E-state index contributed by atoms with van der Waals surface area (Å²) in [7, 11) is 0. The molecule has 0 radical (unpaired) electrons. The molecular weight excluding hydrogens is 430 g/mol. The molecular formula is C23H23N3O7. The number of nitro groups is 2. The Morgan fingerprint density at radius 2 is 1.70 bits per heavy atom. The maximum Gasteiger partial charge on any atom is 0.335 e. The molecule has 0 atom stereocenters. The third kappa shape index (κ3) is 5.65. The molecule has 2 aromatic carbocycles. The number of carbonyl (C=O) groups is 2. The van der Waals surface area contributed by atoms with Crippen molar-refractivity contribution < 1.29 is 24.3 Å². The number of non-ortho nitro benzene ring substituents is 1. The van der Waals surface area contributed by atoms with Crippen molar-refractivity contribution in [3.63, 3.8) is 0 Å². The molecule has 0 bridgehead atoms. The average Bonchev–Trinajstić information content (AvgIpc) is 3.33. The van der Waals surface area contributed by atoms with Gasteiger partial charge in [0.25, 0.3) is 11.4 Å². The Hall–Kier alpha value is -3.95. The molecule has 10 nitrogen and oxygen atoms in total. The van der Waals surface area contributed by atoms with Crippen LogP contribution < -0.4 is 0 Å². The van der Waals surface area contributed by atoms with Gasteiger partial charge in [-0.2, -0.15) is 0 Å². The molecule has 0 spiro atoms. The van der Waals surface area contributed by atoms with Gasteiger partial charge in [0.2, 0.25) is 5.78 Å². The van der Waals surface area contributed by atoms with Crippen LogP contribution in [0.4, 0.5) is 11.4 Å². The topological polar surface area (TPSA) is 142 Å². The summed E-state index contributed by atoms with van der Waals surface area (Å²) in [6, 6.07) is 9.52. The van der Waals surface area contributed by atoms with Crippen molar-refractivity contribution in [3.05, 3.63) is 68.3 Å². The van der Waals surface area contributed by atoms with E-state index < -0.39 is 21.5 Å². The average molecular weight is 453 g/mol. The lowest BCUT2D eigenvalue weighted by Crippen LogP contribution is -2.23. The SMILES string of the molecule is CCCC(=O)O/N=C(\C(=O)c1ccc(-c2ccc([N+](=O)[O-])cc2[N+](=O)[O-])cc1)C1CCCC1. The van der Waals surface area contributed by atoms with Crippen LogP contribution in [0, 0.1) is 26.1 Å². The minimum absolute atomic E-state index is 0.0950. The number of hydrogen-bond acceptors (Lipinski definition) is 8. The van der Waals surface area contributed by atoms with Gasteiger partial charge < -0.3 is 4.84 Å². The van der Waals surface area contributed by atoms with Crippen LogP contribution in [0.25, 0.3) is 11.1 Å². The van der Waals surface area contributed by atoms with Crippen LogP contribution in [0.2, 0.25) is 0 Å². The summed E-state index contributed by atoms with van der Waals surface area (Å²) in [5.41, 5.74) is 0.350. The molecule has 10 heteroatoms. The van der Waals surface area contributed by atoms with Crippen LogP contribution in [0.15, 0.2) is 47.6 Å². The van der Waals surface area contributed by atoms with Crippen molar-refractivity contribution in [2.45, 2.75) is 45.4 Å². The summed E-state index contributed by atoms with van der Waals surface area (Å²) in [5, 5.41) is 26.3. The summed E-state index contributed by atoms with van der Waals surface area (Å²) >= 11 is 0. The van der Waals surface area contributed by atoms with Gasteiger partial charge >= 0.3 is 5.97 Å². The molecule has 0 aliphatic heterocycles. The molecule has 0 heterocycles. The van der Waals surface area contributed by atoms with Gasteiger partial charge in [-0.1, -0.05) is 49.2 Å². The van der Waals surface area contributed by atoms with Crippen LogP contribution >= 0.6 is 0 Å². The number of ketones is 1. The highest BCUT2D eigenvalue weighted by Crippen LogP contribution is 2.33. The summed E-state index contributed by atoms with van der Waals surface area (Å²) in [4.78, 5) is 50.8. The number of Topliss-reactive ketones (excluding diaryl/α,β-unsaturated/α-hetero) is 1. The number of rotatable bonds is 9. The molecule has 0 N–H and O–H groups in total. The Balaban J connectivity index is 1.89. The zero-order valence-corrected chi connectivity index (χ0v) is 18.1. The summed E-state index contributed by atoms with van der Waals surface area (Å²) in [6.07, 6.45) is 4.30. The summed E-state index contributed by atoms with van der Waals surface area (Å²) in [6.45, 7) is 1.84. The Morgan fingerprint density at radius 1 is 1.03 bits per heavy atom. The molecule has 1 fully saturated rings. The van der Waals surface area contributed by atoms with E-state index in [9.17, 15) is 29.8 Å². The summed E-state index contributed by atoms with van der Waals surface area (Å²) < 4.78 is 0. The molecule has 3 rings (SSSR count). The first-order chi connectivity index (χ1) is 15.8. The molecule has 0 unspecified atom stereocenters. The third-order valence-corrected chi connectivity index (χ3v) is 5.52. The van der Waals surface area contributed by atoms with Crippen molar-refractivity contribution in [1.29, 1.82) is 0 Å². The number of nitrogens with zero attached hydrogens (tertiary/aromatic N) is 3. The molecule has 0 aromatic heterocycles. The second kappa shape index (κ2) is 10.6. The number of oxime groups is 1. The number of benzene rings is 2. The van der Waals surface area contributed by atoms with Crippen LogP contribution in [0.3, 0.4) is 0 Å². The van der Waals surface area contributed by atoms with Gasteiger partial charge in [-0.25, -0.2) is 4.79 Å².